The molecular formula is C43H25N3S2. The van der Waals surface area contributed by atoms with Crippen LogP contribution in [0.2, 0.25) is 0 Å². The van der Waals surface area contributed by atoms with E-state index in [-0.39, 0.29) is 0 Å². The summed E-state index contributed by atoms with van der Waals surface area (Å²) in [5, 5.41) is 7.57. The molecule has 0 amide bonds. The highest BCUT2D eigenvalue weighted by Crippen LogP contribution is 2.45. The van der Waals surface area contributed by atoms with E-state index in [0.29, 0.717) is 17.5 Å². The summed E-state index contributed by atoms with van der Waals surface area (Å²) in [6.45, 7) is 0. The number of nitrogens with zero attached hydrogens (tertiary/aromatic N) is 3. The number of hydrogen-bond donors (Lipinski definition) is 0. The van der Waals surface area contributed by atoms with Crippen LogP contribution in [-0.4, -0.2) is 15.0 Å². The van der Waals surface area contributed by atoms with Crippen molar-refractivity contribution in [3.63, 3.8) is 0 Å². The molecule has 0 radical (unpaired) electrons. The highest BCUT2D eigenvalue weighted by atomic mass is 32.1. The Morgan fingerprint density at radius 1 is 0.333 bits per heavy atom. The number of benzene rings is 7. The van der Waals surface area contributed by atoms with Crippen LogP contribution in [-0.2, 0) is 0 Å². The second-order valence-electron chi connectivity index (χ2n) is 12.0. The molecule has 0 aliphatic rings. The molecule has 0 saturated carbocycles. The number of fused-ring (bicyclic) bond motifs is 7. The van der Waals surface area contributed by atoms with Crippen molar-refractivity contribution in [2.75, 3.05) is 0 Å². The van der Waals surface area contributed by atoms with Crippen LogP contribution in [0.4, 0.5) is 0 Å². The molecule has 3 nitrogen and oxygen atoms in total. The molecule has 0 fully saturated rings. The van der Waals surface area contributed by atoms with Gasteiger partial charge in [-0.3, -0.25) is 0 Å². The fraction of sp³-hybridized carbons (Fsp3) is 0. The van der Waals surface area contributed by atoms with Crippen LogP contribution in [0, 0.1) is 0 Å². The Bertz CT molecular complexity index is 2780. The molecule has 10 aromatic rings. The Labute approximate surface area is 284 Å². The predicted octanol–water partition coefficient (Wildman–Crippen LogP) is 12.4. The van der Waals surface area contributed by atoms with Gasteiger partial charge in [0.25, 0.3) is 0 Å². The molecule has 7 aromatic carbocycles. The van der Waals surface area contributed by atoms with Crippen molar-refractivity contribution in [1.82, 2.24) is 15.0 Å². The first kappa shape index (κ1) is 27.4. The first-order valence-electron chi connectivity index (χ1n) is 15.9. The van der Waals surface area contributed by atoms with Gasteiger partial charge in [-0.25, -0.2) is 15.0 Å². The zero-order valence-electron chi connectivity index (χ0n) is 25.6. The molecule has 10 rings (SSSR count). The molecule has 5 heteroatoms. The van der Waals surface area contributed by atoms with Gasteiger partial charge in [0.05, 0.1) is 0 Å². The van der Waals surface area contributed by atoms with E-state index in [0.717, 1.165) is 16.7 Å². The molecule has 224 valence electrons. The minimum absolute atomic E-state index is 0.667. The van der Waals surface area contributed by atoms with Crippen LogP contribution in [0.15, 0.2) is 152 Å². The quantitative estimate of drug-likeness (QED) is 0.191. The summed E-state index contributed by atoms with van der Waals surface area (Å²) in [4.78, 5) is 15.1. The molecular weight excluding hydrogens is 623 g/mol. The van der Waals surface area contributed by atoms with E-state index in [1.165, 1.54) is 62.2 Å². The lowest BCUT2D eigenvalue weighted by Crippen LogP contribution is -2.00. The van der Waals surface area contributed by atoms with Crippen molar-refractivity contribution in [2.45, 2.75) is 0 Å². The molecule has 3 heterocycles. The summed E-state index contributed by atoms with van der Waals surface area (Å²) in [7, 11) is 0. The van der Waals surface area contributed by atoms with Crippen molar-refractivity contribution < 1.29 is 0 Å². The summed E-state index contributed by atoms with van der Waals surface area (Å²) in [6.07, 6.45) is 0. The molecule has 48 heavy (non-hydrogen) atoms. The Hall–Kier alpha value is -5.75. The van der Waals surface area contributed by atoms with E-state index in [9.17, 15) is 0 Å². The molecule has 0 N–H and O–H groups in total. The molecule has 0 bridgehead atoms. The van der Waals surface area contributed by atoms with E-state index in [4.69, 9.17) is 15.0 Å². The van der Waals surface area contributed by atoms with Crippen molar-refractivity contribution in [3.05, 3.63) is 152 Å². The van der Waals surface area contributed by atoms with Crippen LogP contribution < -0.4 is 0 Å². The van der Waals surface area contributed by atoms with Crippen molar-refractivity contribution in [2.24, 2.45) is 0 Å². The van der Waals surface area contributed by atoms with Crippen LogP contribution in [0.25, 0.3) is 96.4 Å². The fourth-order valence-electron chi connectivity index (χ4n) is 6.86. The topological polar surface area (TPSA) is 38.7 Å². The lowest BCUT2D eigenvalue weighted by molar-refractivity contribution is 1.08. The second kappa shape index (κ2) is 10.9. The van der Waals surface area contributed by atoms with Gasteiger partial charge in [-0.15, -0.1) is 22.7 Å². The molecule has 0 unspecified atom stereocenters. The van der Waals surface area contributed by atoms with E-state index in [1.54, 1.807) is 0 Å². The number of aromatic nitrogens is 3. The summed E-state index contributed by atoms with van der Waals surface area (Å²) in [6, 6.07) is 53.8. The van der Waals surface area contributed by atoms with Crippen molar-refractivity contribution in [1.29, 1.82) is 0 Å². The normalized spacial score (nSPS) is 11.8. The molecule has 3 aromatic heterocycles. The van der Waals surface area contributed by atoms with Gasteiger partial charge in [0.1, 0.15) is 0 Å². The van der Waals surface area contributed by atoms with Gasteiger partial charge in [-0.1, -0.05) is 115 Å². The lowest BCUT2D eigenvalue weighted by Gasteiger charge is -2.10. The van der Waals surface area contributed by atoms with Gasteiger partial charge in [0.15, 0.2) is 17.5 Å². The average Bonchev–Trinajstić information content (AvgIpc) is 3.72. The van der Waals surface area contributed by atoms with E-state index in [2.05, 4.69) is 115 Å². The van der Waals surface area contributed by atoms with Gasteiger partial charge in [0.2, 0.25) is 0 Å². The van der Waals surface area contributed by atoms with Gasteiger partial charge in [0, 0.05) is 57.0 Å². The van der Waals surface area contributed by atoms with Crippen LogP contribution in [0.5, 0.6) is 0 Å². The van der Waals surface area contributed by atoms with E-state index in [1.807, 2.05) is 59.1 Å². The highest BCUT2D eigenvalue weighted by molar-refractivity contribution is 7.26. The fourth-order valence-corrected chi connectivity index (χ4v) is 9.14. The third-order valence-electron chi connectivity index (χ3n) is 9.11. The minimum atomic E-state index is 0.667. The van der Waals surface area contributed by atoms with Crippen LogP contribution in [0.3, 0.4) is 0 Å². The maximum Gasteiger partial charge on any atom is 0.164 e. The van der Waals surface area contributed by atoms with Crippen LogP contribution in [0.1, 0.15) is 0 Å². The van der Waals surface area contributed by atoms with E-state index < -0.39 is 0 Å². The Balaban J connectivity index is 1.20. The third-order valence-corrected chi connectivity index (χ3v) is 11.4. The smallest absolute Gasteiger partial charge is 0.164 e. The van der Waals surface area contributed by atoms with E-state index >= 15 is 0 Å². The molecule has 0 saturated heterocycles. The predicted molar refractivity (Wildman–Crippen MR) is 205 cm³/mol. The lowest BCUT2D eigenvalue weighted by atomic mass is 9.96. The molecule has 0 atom stereocenters. The number of hydrogen-bond acceptors (Lipinski definition) is 5. The largest absolute Gasteiger partial charge is 0.208 e. The number of rotatable bonds is 4. The maximum absolute atomic E-state index is 5.09. The van der Waals surface area contributed by atoms with Gasteiger partial charge >= 0.3 is 0 Å². The van der Waals surface area contributed by atoms with Gasteiger partial charge in [-0.05, 0) is 58.3 Å². The monoisotopic (exact) mass is 647 g/mol. The maximum atomic E-state index is 5.09. The highest BCUT2D eigenvalue weighted by Gasteiger charge is 2.18. The first-order chi connectivity index (χ1) is 23.8. The third kappa shape index (κ3) is 4.43. The average molecular weight is 648 g/mol. The van der Waals surface area contributed by atoms with Crippen LogP contribution >= 0.6 is 22.7 Å². The molecule has 0 aliphatic heterocycles. The zero-order valence-corrected chi connectivity index (χ0v) is 27.2. The molecule has 0 spiro atoms. The number of thiophene rings is 2. The second-order valence-corrected chi connectivity index (χ2v) is 14.2. The summed E-state index contributed by atoms with van der Waals surface area (Å²) < 4.78 is 5.09. The standard InChI is InChI=1S/C43H25N3S2/c1-3-11-26(12-4-1)41-44-42(27-13-5-2-6-14-27)46-43(45-41)32-18-10-20-37-40(32)33-24-30(21-22-35(33)47-37)31-17-9-19-36-39(31)34-23-28-15-7-8-16-29(28)25-38(34)48-36/h1-25H. The summed E-state index contributed by atoms with van der Waals surface area (Å²) in [5.41, 5.74) is 5.41. The van der Waals surface area contributed by atoms with Gasteiger partial charge in [-0.2, -0.15) is 0 Å². The Morgan fingerprint density at radius 3 is 1.56 bits per heavy atom. The SMILES string of the molecule is c1ccc(-c2nc(-c3ccccc3)nc(-c3cccc4sc5ccc(-c6cccc7sc8cc9ccccc9cc8c67)cc5c34)n2)cc1. The van der Waals surface area contributed by atoms with Crippen molar-refractivity contribution >= 4 is 73.8 Å². The summed E-state index contributed by atoms with van der Waals surface area (Å²) >= 11 is 3.69. The molecule has 0 aliphatic carbocycles. The van der Waals surface area contributed by atoms with Gasteiger partial charge < -0.3 is 0 Å². The van der Waals surface area contributed by atoms with Crippen molar-refractivity contribution in [3.8, 4) is 45.3 Å². The summed E-state index contributed by atoms with van der Waals surface area (Å²) in [5.74, 6) is 2.01. The Kier molecular flexibility index (Phi) is 6.22. The minimum Gasteiger partial charge on any atom is -0.208 e. The Morgan fingerprint density at radius 2 is 0.875 bits per heavy atom. The zero-order chi connectivity index (χ0) is 31.6. The first-order valence-corrected chi connectivity index (χ1v) is 17.6.